The summed E-state index contributed by atoms with van der Waals surface area (Å²) in [6, 6.07) is 8.59. The van der Waals surface area contributed by atoms with E-state index in [2.05, 4.69) is 46.3 Å². The van der Waals surface area contributed by atoms with E-state index in [1.165, 1.54) is 18.4 Å². The summed E-state index contributed by atoms with van der Waals surface area (Å²) in [6.07, 6.45) is 2.49. The highest BCUT2D eigenvalue weighted by molar-refractivity contribution is 5.78. The molecule has 2 aliphatic heterocycles. The Bertz CT molecular complexity index is 540. The molecule has 2 aliphatic rings. The number of amides is 1. The van der Waals surface area contributed by atoms with Crippen LogP contribution in [0.4, 0.5) is 0 Å². The largest absolute Gasteiger partial charge is 0.379 e. The SMILES string of the molecule is C[C@@H]1CCCN(CC(=O)NCc2ccc(CN3CCOCC3)cc2)C1. The van der Waals surface area contributed by atoms with E-state index in [1.807, 2.05) is 0 Å². The number of hydrogen-bond acceptors (Lipinski definition) is 4. The number of nitrogens with zero attached hydrogens (tertiary/aromatic N) is 2. The van der Waals surface area contributed by atoms with Crippen LogP contribution in [0.25, 0.3) is 0 Å². The van der Waals surface area contributed by atoms with Gasteiger partial charge >= 0.3 is 0 Å². The second-order valence-corrected chi connectivity index (χ2v) is 7.46. The molecule has 0 aliphatic carbocycles. The molecule has 0 saturated carbocycles. The van der Waals surface area contributed by atoms with Crippen molar-refractivity contribution in [1.29, 1.82) is 0 Å². The molecule has 0 aromatic heterocycles. The fraction of sp³-hybridized carbons (Fsp3) is 0.650. The van der Waals surface area contributed by atoms with Gasteiger partial charge in [-0.2, -0.15) is 0 Å². The van der Waals surface area contributed by atoms with Crippen molar-refractivity contribution in [2.75, 3.05) is 45.9 Å². The molecular formula is C20H31N3O2. The first-order chi connectivity index (χ1) is 12.2. The van der Waals surface area contributed by atoms with E-state index in [4.69, 9.17) is 4.74 Å². The first-order valence-corrected chi connectivity index (χ1v) is 9.56. The van der Waals surface area contributed by atoms with Crippen molar-refractivity contribution in [3.8, 4) is 0 Å². The predicted octanol–water partition coefficient (Wildman–Crippen LogP) is 1.87. The Balaban J connectivity index is 1.39. The van der Waals surface area contributed by atoms with Crippen molar-refractivity contribution in [2.24, 2.45) is 5.92 Å². The molecule has 1 amide bonds. The number of ether oxygens (including phenoxy) is 1. The van der Waals surface area contributed by atoms with Gasteiger partial charge in [0.05, 0.1) is 19.8 Å². The zero-order chi connectivity index (χ0) is 17.5. The number of rotatable bonds is 6. The van der Waals surface area contributed by atoms with Gasteiger partial charge in [-0.3, -0.25) is 14.6 Å². The van der Waals surface area contributed by atoms with Gasteiger partial charge in [0.25, 0.3) is 0 Å². The van der Waals surface area contributed by atoms with E-state index in [1.54, 1.807) is 0 Å². The molecule has 2 heterocycles. The fourth-order valence-electron chi connectivity index (χ4n) is 3.67. The van der Waals surface area contributed by atoms with Gasteiger partial charge in [-0.25, -0.2) is 0 Å². The van der Waals surface area contributed by atoms with E-state index in [0.29, 0.717) is 19.0 Å². The summed E-state index contributed by atoms with van der Waals surface area (Å²) in [7, 11) is 0. The van der Waals surface area contributed by atoms with Crippen molar-refractivity contribution < 1.29 is 9.53 Å². The quantitative estimate of drug-likeness (QED) is 0.855. The Labute approximate surface area is 151 Å². The normalized spacial score (nSPS) is 22.7. The first-order valence-electron chi connectivity index (χ1n) is 9.56. The number of carbonyl (C=O) groups excluding carboxylic acids is 1. The van der Waals surface area contributed by atoms with Crippen LogP contribution in [0.2, 0.25) is 0 Å². The summed E-state index contributed by atoms with van der Waals surface area (Å²) in [5.74, 6) is 0.840. The Morgan fingerprint density at radius 1 is 1.12 bits per heavy atom. The lowest BCUT2D eigenvalue weighted by Crippen LogP contribution is -2.41. The molecule has 2 fully saturated rings. The van der Waals surface area contributed by atoms with Crippen LogP contribution in [-0.2, 0) is 22.6 Å². The minimum absolute atomic E-state index is 0.131. The lowest BCUT2D eigenvalue weighted by atomic mass is 10.0. The third kappa shape index (κ3) is 6.10. The molecule has 0 unspecified atom stereocenters. The molecule has 1 aromatic rings. The lowest BCUT2D eigenvalue weighted by molar-refractivity contribution is -0.122. The molecular weight excluding hydrogens is 314 g/mol. The maximum Gasteiger partial charge on any atom is 0.234 e. The highest BCUT2D eigenvalue weighted by Crippen LogP contribution is 2.14. The van der Waals surface area contributed by atoms with Crippen molar-refractivity contribution in [1.82, 2.24) is 15.1 Å². The molecule has 1 aromatic carbocycles. The average Bonchev–Trinajstić information content (AvgIpc) is 2.62. The molecule has 3 rings (SSSR count). The van der Waals surface area contributed by atoms with E-state index in [0.717, 1.165) is 51.5 Å². The van der Waals surface area contributed by atoms with Crippen LogP contribution in [0.5, 0.6) is 0 Å². The Morgan fingerprint density at radius 2 is 1.84 bits per heavy atom. The van der Waals surface area contributed by atoms with Crippen LogP contribution in [-0.4, -0.2) is 61.6 Å². The zero-order valence-corrected chi connectivity index (χ0v) is 15.4. The van der Waals surface area contributed by atoms with E-state index in [9.17, 15) is 4.79 Å². The summed E-state index contributed by atoms with van der Waals surface area (Å²) in [6.45, 7) is 10.2. The highest BCUT2D eigenvalue weighted by Gasteiger charge is 2.18. The van der Waals surface area contributed by atoms with E-state index in [-0.39, 0.29) is 5.91 Å². The molecule has 0 radical (unpaired) electrons. The van der Waals surface area contributed by atoms with Crippen LogP contribution >= 0.6 is 0 Å². The fourth-order valence-corrected chi connectivity index (χ4v) is 3.67. The van der Waals surface area contributed by atoms with Crippen LogP contribution < -0.4 is 5.32 Å². The van der Waals surface area contributed by atoms with Crippen LogP contribution in [0.1, 0.15) is 30.9 Å². The van der Waals surface area contributed by atoms with Gasteiger partial charge in [0.15, 0.2) is 0 Å². The summed E-state index contributed by atoms with van der Waals surface area (Å²) >= 11 is 0. The van der Waals surface area contributed by atoms with E-state index >= 15 is 0 Å². The van der Waals surface area contributed by atoms with Gasteiger partial charge in [0.2, 0.25) is 5.91 Å². The van der Waals surface area contributed by atoms with Gasteiger partial charge in [0, 0.05) is 32.7 Å². The lowest BCUT2D eigenvalue weighted by Gasteiger charge is -2.30. The third-order valence-corrected chi connectivity index (χ3v) is 5.13. The Kier molecular flexibility index (Phi) is 6.84. The summed E-state index contributed by atoms with van der Waals surface area (Å²) in [4.78, 5) is 16.8. The Hall–Kier alpha value is -1.43. The topological polar surface area (TPSA) is 44.8 Å². The minimum atomic E-state index is 0.131. The number of nitrogens with one attached hydrogen (secondary N) is 1. The van der Waals surface area contributed by atoms with E-state index < -0.39 is 0 Å². The van der Waals surface area contributed by atoms with Gasteiger partial charge in [-0.05, 0) is 36.4 Å². The number of likely N-dealkylation sites (tertiary alicyclic amines) is 1. The molecule has 2 saturated heterocycles. The molecule has 5 heteroatoms. The highest BCUT2D eigenvalue weighted by atomic mass is 16.5. The zero-order valence-electron chi connectivity index (χ0n) is 15.4. The molecule has 0 spiro atoms. The molecule has 138 valence electrons. The third-order valence-electron chi connectivity index (χ3n) is 5.13. The van der Waals surface area contributed by atoms with Crippen molar-refractivity contribution >= 4 is 5.91 Å². The molecule has 5 nitrogen and oxygen atoms in total. The van der Waals surface area contributed by atoms with Crippen LogP contribution in [0.15, 0.2) is 24.3 Å². The standard InChI is InChI=1S/C20H31N3O2/c1-17-3-2-8-23(14-17)16-20(24)21-13-18-4-6-19(7-5-18)15-22-9-11-25-12-10-22/h4-7,17H,2-3,8-16H2,1H3,(H,21,24)/t17-/m1/s1. The molecule has 1 atom stereocenters. The van der Waals surface area contributed by atoms with Crippen molar-refractivity contribution in [3.05, 3.63) is 35.4 Å². The first kappa shape index (κ1) is 18.4. The number of benzene rings is 1. The second kappa shape index (κ2) is 9.32. The van der Waals surface area contributed by atoms with Crippen molar-refractivity contribution in [2.45, 2.75) is 32.9 Å². The average molecular weight is 345 g/mol. The van der Waals surface area contributed by atoms with Crippen molar-refractivity contribution in [3.63, 3.8) is 0 Å². The maximum atomic E-state index is 12.1. The summed E-state index contributed by atoms with van der Waals surface area (Å²) < 4.78 is 5.39. The van der Waals surface area contributed by atoms with Crippen LogP contribution in [0.3, 0.4) is 0 Å². The van der Waals surface area contributed by atoms with Gasteiger partial charge in [0.1, 0.15) is 0 Å². The number of hydrogen-bond donors (Lipinski definition) is 1. The summed E-state index contributed by atoms with van der Waals surface area (Å²) in [5.41, 5.74) is 2.48. The number of piperidine rings is 1. The number of morpholine rings is 1. The monoisotopic (exact) mass is 345 g/mol. The molecule has 0 bridgehead atoms. The van der Waals surface area contributed by atoms with Gasteiger partial charge in [-0.15, -0.1) is 0 Å². The number of carbonyl (C=O) groups is 1. The summed E-state index contributed by atoms with van der Waals surface area (Å²) in [5, 5.41) is 3.05. The Morgan fingerprint density at radius 3 is 2.56 bits per heavy atom. The molecule has 1 N–H and O–H groups in total. The second-order valence-electron chi connectivity index (χ2n) is 7.46. The smallest absolute Gasteiger partial charge is 0.234 e. The predicted molar refractivity (Wildman–Crippen MR) is 99.2 cm³/mol. The molecule has 25 heavy (non-hydrogen) atoms. The van der Waals surface area contributed by atoms with Gasteiger partial charge in [-0.1, -0.05) is 31.2 Å². The maximum absolute atomic E-state index is 12.1. The van der Waals surface area contributed by atoms with Gasteiger partial charge < -0.3 is 10.1 Å². The minimum Gasteiger partial charge on any atom is -0.379 e. The van der Waals surface area contributed by atoms with Crippen LogP contribution in [0, 0.1) is 5.92 Å².